The summed E-state index contributed by atoms with van der Waals surface area (Å²) in [6.07, 6.45) is 8.53. The van der Waals surface area contributed by atoms with Crippen LogP contribution in [0.2, 0.25) is 0 Å². The second-order valence-corrected chi connectivity index (χ2v) is 8.24. The molecule has 0 saturated heterocycles. The van der Waals surface area contributed by atoms with E-state index in [0.717, 1.165) is 29.3 Å². The molecule has 1 aromatic carbocycles. The highest BCUT2D eigenvalue weighted by Gasteiger charge is 2.52. The Morgan fingerprint density at radius 2 is 1.38 bits per heavy atom. The van der Waals surface area contributed by atoms with Crippen LogP contribution in [0, 0.1) is 17.8 Å². The summed E-state index contributed by atoms with van der Waals surface area (Å²) in [7, 11) is 3.43. The van der Waals surface area contributed by atoms with Crippen LogP contribution < -0.4 is 9.47 Å². The summed E-state index contributed by atoms with van der Waals surface area (Å²) in [6, 6.07) is 4.32. The van der Waals surface area contributed by atoms with Gasteiger partial charge in [-0.3, -0.25) is 0 Å². The van der Waals surface area contributed by atoms with Crippen molar-refractivity contribution in [2.45, 2.75) is 43.9 Å². The molecule has 1 aromatic rings. The van der Waals surface area contributed by atoms with E-state index in [1.54, 1.807) is 14.2 Å². The maximum absolute atomic E-state index is 5.55. The fourth-order valence-electron chi connectivity index (χ4n) is 5.70. The first-order chi connectivity index (χ1) is 10.1. The highest BCUT2D eigenvalue weighted by atomic mass is 79.9. The molecule has 0 aliphatic heterocycles. The molecule has 4 fully saturated rings. The lowest BCUT2D eigenvalue weighted by Crippen LogP contribution is -2.48. The normalized spacial score (nSPS) is 36.8. The third kappa shape index (κ3) is 2.11. The Labute approximate surface area is 135 Å². The third-order valence-electron chi connectivity index (χ3n) is 6.08. The molecule has 0 radical (unpaired) electrons. The van der Waals surface area contributed by atoms with E-state index in [-0.39, 0.29) is 0 Å². The van der Waals surface area contributed by atoms with E-state index < -0.39 is 0 Å². The highest BCUT2D eigenvalue weighted by molar-refractivity contribution is 9.10. The van der Waals surface area contributed by atoms with Crippen molar-refractivity contribution in [3.05, 3.63) is 22.2 Å². The lowest BCUT2D eigenvalue weighted by atomic mass is 9.48. The monoisotopic (exact) mass is 350 g/mol. The fourth-order valence-corrected chi connectivity index (χ4v) is 6.44. The lowest BCUT2D eigenvalue weighted by Gasteiger charge is -2.57. The maximum Gasteiger partial charge on any atom is 0.161 e. The smallest absolute Gasteiger partial charge is 0.161 e. The van der Waals surface area contributed by atoms with Gasteiger partial charge in [0.25, 0.3) is 0 Å². The molecule has 5 rings (SSSR count). The fraction of sp³-hybridized carbons (Fsp3) is 0.667. The summed E-state index contributed by atoms with van der Waals surface area (Å²) >= 11 is 3.81. The van der Waals surface area contributed by atoms with E-state index in [9.17, 15) is 0 Å². The molecule has 0 N–H and O–H groups in total. The van der Waals surface area contributed by atoms with Crippen LogP contribution in [0.3, 0.4) is 0 Å². The molecular formula is C18H23BrO2. The average Bonchev–Trinajstić information content (AvgIpc) is 2.45. The molecule has 3 heteroatoms. The van der Waals surface area contributed by atoms with Gasteiger partial charge in [-0.2, -0.15) is 0 Å². The summed E-state index contributed by atoms with van der Waals surface area (Å²) in [5, 5.41) is 0. The van der Waals surface area contributed by atoms with E-state index in [1.807, 2.05) is 0 Å². The number of methoxy groups -OCH3 is 2. The van der Waals surface area contributed by atoms with Gasteiger partial charge in [0.2, 0.25) is 0 Å². The van der Waals surface area contributed by atoms with Gasteiger partial charge in [0.15, 0.2) is 11.5 Å². The van der Waals surface area contributed by atoms with Crippen molar-refractivity contribution >= 4 is 15.9 Å². The molecule has 114 valence electrons. The Morgan fingerprint density at radius 1 is 0.905 bits per heavy atom. The zero-order chi connectivity index (χ0) is 14.6. The van der Waals surface area contributed by atoms with Crippen LogP contribution in [-0.2, 0) is 5.41 Å². The highest BCUT2D eigenvalue weighted by Crippen LogP contribution is 2.62. The van der Waals surface area contributed by atoms with Gasteiger partial charge in [-0.1, -0.05) is 15.9 Å². The molecule has 0 unspecified atom stereocenters. The second kappa shape index (κ2) is 4.91. The largest absolute Gasteiger partial charge is 0.493 e. The topological polar surface area (TPSA) is 18.5 Å². The van der Waals surface area contributed by atoms with Crippen molar-refractivity contribution in [3.8, 4) is 11.5 Å². The summed E-state index contributed by atoms with van der Waals surface area (Å²) in [5.41, 5.74) is 1.84. The molecule has 0 heterocycles. The number of benzene rings is 1. The van der Waals surface area contributed by atoms with Crippen LogP contribution in [0.1, 0.15) is 44.1 Å². The van der Waals surface area contributed by atoms with Gasteiger partial charge in [0.1, 0.15) is 0 Å². The average molecular weight is 351 g/mol. The zero-order valence-electron chi connectivity index (χ0n) is 12.8. The van der Waals surface area contributed by atoms with E-state index in [4.69, 9.17) is 9.47 Å². The molecule has 0 spiro atoms. The van der Waals surface area contributed by atoms with Crippen molar-refractivity contribution < 1.29 is 9.47 Å². The number of halogens is 1. The Morgan fingerprint density at radius 3 is 1.86 bits per heavy atom. The molecular weight excluding hydrogens is 328 g/mol. The van der Waals surface area contributed by atoms with Crippen LogP contribution in [0.25, 0.3) is 0 Å². The van der Waals surface area contributed by atoms with Crippen LogP contribution in [0.5, 0.6) is 11.5 Å². The van der Waals surface area contributed by atoms with Crippen molar-refractivity contribution in [2.24, 2.45) is 17.8 Å². The van der Waals surface area contributed by atoms with Crippen LogP contribution in [-0.4, -0.2) is 14.2 Å². The second-order valence-electron chi connectivity index (χ2n) is 7.38. The first-order valence-electron chi connectivity index (χ1n) is 8.05. The molecule has 0 atom stereocenters. The summed E-state index contributed by atoms with van der Waals surface area (Å²) in [4.78, 5) is 0. The number of ether oxygens (including phenoxy) is 2. The Kier molecular flexibility index (Phi) is 3.25. The van der Waals surface area contributed by atoms with Gasteiger partial charge in [-0.05, 0) is 79.4 Å². The minimum atomic E-state index is 0.382. The van der Waals surface area contributed by atoms with Gasteiger partial charge in [0.05, 0.1) is 14.2 Å². The lowest BCUT2D eigenvalue weighted by molar-refractivity contribution is -0.00562. The predicted molar refractivity (Wildman–Crippen MR) is 87.1 cm³/mol. The minimum Gasteiger partial charge on any atom is -0.493 e. The summed E-state index contributed by atoms with van der Waals surface area (Å²) in [5.74, 6) is 4.55. The zero-order valence-corrected chi connectivity index (χ0v) is 14.4. The van der Waals surface area contributed by atoms with Crippen molar-refractivity contribution in [1.82, 2.24) is 0 Å². The molecule has 4 aliphatic carbocycles. The summed E-state index contributed by atoms with van der Waals surface area (Å²) < 4.78 is 12.2. The van der Waals surface area contributed by atoms with Crippen molar-refractivity contribution in [3.63, 3.8) is 0 Å². The van der Waals surface area contributed by atoms with E-state index in [1.165, 1.54) is 48.6 Å². The summed E-state index contributed by atoms with van der Waals surface area (Å²) in [6.45, 7) is 0. The first kappa shape index (κ1) is 13.9. The van der Waals surface area contributed by atoms with Gasteiger partial charge >= 0.3 is 0 Å². The quantitative estimate of drug-likeness (QED) is 0.768. The van der Waals surface area contributed by atoms with Gasteiger partial charge in [0, 0.05) is 4.47 Å². The molecule has 4 bridgehead atoms. The first-order valence-corrected chi connectivity index (χ1v) is 8.85. The Hall–Kier alpha value is -0.700. The minimum absolute atomic E-state index is 0.382. The molecule has 4 aliphatic rings. The molecule has 0 aromatic heterocycles. The Bertz CT molecular complexity index is 531. The van der Waals surface area contributed by atoms with Crippen LogP contribution in [0.15, 0.2) is 16.6 Å². The number of rotatable bonds is 3. The predicted octanol–water partition coefficient (Wildman–Crippen LogP) is 4.93. The van der Waals surface area contributed by atoms with Crippen LogP contribution in [0.4, 0.5) is 0 Å². The third-order valence-corrected chi connectivity index (χ3v) is 6.74. The van der Waals surface area contributed by atoms with Crippen LogP contribution >= 0.6 is 15.9 Å². The molecule has 0 amide bonds. The van der Waals surface area contributed by atoms with Gasteiger partial charge in [-0.15, -0.1) is 0 Å². The number of hydrogen-bond acceptors (Lipinski definition) is 2. The maximum atomic E-state index is 5.55. The standard InChI is InChI=1S/C18H23BrO2/c1-20-16-6-14(15(19)7-17(16)21-2)18-8-11-3-12(9-18)5-13(4-11)10-18/h6-7,11-13H,3-5,8-10H2,1-2H3. The van der Waals surface area contributed by atoms with Crippen molar-refractivity contribution in [2.75, 3.05) is 14.2 Å². The van der Waals surface area contributed by atoms with E-state index in [2.05, 4.69) is 28.1 Å². The van der Waals surface area contributed by atoms with E-state index in [0.29, 0.717) is 5.41 Å². The SMILES string of the molecule is COc1cc(Br)c(C23CC4CC(CC(C4)C2)C3)cc1OC. The molecule has 4 saturated carbocycles. The van der Waals surface area contributed by atoms with E-state index >= 15 is 0 Å². The molecule has 2 nitrogen and oxygen atoms in total. The van der Waals surface area contributed by atoms with Crippen molar-refractivity contribution in [1.29, 1.82) is 0 Å². The van der Waals surface area contributed by atoms with Gasteiger partial charge in [-0.25, -0.2) is 0 Å². The Balaban J connectivity index is 1.79. The molecule has 21 heavy (non-hydrogen) atoms. The van der Waals surface area contributed by atoms with Gasteiger partial charge < -0.3 is 9.47 Å². The number of hydrogen-bond donors (Lipinski definition) is 0.